The van der Waals surface area contributed by atoms with Crippen molar-refractivity contribution in [3.8, 4) is 0 Å². The number of carbonyl (C=O) groups excluding carboxylic acids is 3. The molecule has 1 aromatic carbocycles. The van der Waals surface area contributed by atoms with Crippen LogP contribution in [0.25, 0.3) is 0 Å². The van der Waals surface area contributed by atoms with E-state index in [-0.39, 0.29) is 56.0 Å². The number of carboxylic acid groups (broad SMARTS) is 1. The van der Waals surface area contributed by atoms with E-state index in [1.165, 1.54) is 12.1 Å². The summed E-state index contributed by atoms with van der Waals surface area (Å²) in [6.07, 6.45) is 6.74. The van der Waals surface area contributed by atoms with Crippen LogP contribution in [0.5, 0.6) is 0 Å². The number of ether oxygens (including phenoxy) is 2. The van der Waals surface area contributed by atoms with Gasteiger partial charge in [0.1, 0.15) is 0 Å². The Morgan fingerprint density at radius 2 is 1.27 bits per heavy atom. The van der Waals surface area contributed by atoms with E-state index in [0.717, 1.165) is 63.5 Å². The standard InChI is InChI=1S/C20H38O7S.C8H6O7S.Na.H/c1-5-9-11-16(7-3)14-26-19(21)13-18(28(23,24)25)20(22)27-15-17(8-4)12-10-6-2;9-7(10)5-3-1-2-4-6(5)8(11)15-16(12,13)14;;/h16-18H,5-15H2,1-4H3,(H,23,24,25);1-4H,(H,9,10)(H,12,13,14);;/q;;+1;-1. The molecule has 3 atom stereocenters. The van der Waals surface area contributed by atoms with Crippen molar-refractivity contribution in [1.82, 2.24) is 0 Å². The Balaban J connectivity index is -0.000000874. The molecule has 0 amide bonds. The first-order chi connectivity index (χ1) is 20.5. The first-order valence-corrected chi connectivity index (χ1v) is 17.2. The van der Waals surface area contributed by atoms with E-state index in [9.17, 15) is 40.6 Å². The third-order valence-corrected chi connectivity index (χ3v) is 8.00. The average molecular weight is 693 g/mol. The largest absolute Gasteiger partial charge is 1.00 e. The molecule has 0 bridgehead atoms. The van der Waals surface area contributed by atoms with Crippen molar-refractivity contribution in [1.29, 1.82) is 0 Å². The van der Waals surface area contributed by atoms with Crippen LogP contribution in [0.2, 0.25) is 0 Å². The molecule has 1 aromatic rings. The first-order valence-electron chi connectivity index (χ1n) is 14.3. The van der Waals surface area contributed by atoms with E-state index in [4.69, 9.17) is 19.1 Å². The predicted octanol–water partition coefficient (Wildman–Crippen LogP) is 1.61. The second kappa shape index (κ2) is 23.3. The Labute approximate surface area is 289 Å². The molecule has 0 radical (unpaired) electrons. The molecule has 0 fully saturated rings. The molecule has 0 saturated carbocycles. The fraction of sp³-hybridized carbons (Fsp3) is 0.643. The molecule has 1 rings (SSSR count). The van der Waals surface area contributed by atoms with Crippen molar-refractivity contribution in [2.24, 2.45) is 11.8 Å². The van der Waals surface area contributed by atoms with Crippen molar-refractivity contribution in [3.63, 3.8) is 0 Å². The average Bonchev–Trinajstić information content (AvgIpc) is 2.94. The zero-order valence-corrected chi connectivity index (χ0v) is 30.1. The van der Waals surface area contributed by atoms with Crippen LogP contribution >= 0.6 is 0 Å². The maximum atomic E-state index is 12.2. The molecule has 0 aromatic heterocycles. The quantitative estimate of drug-likeness (QED) is 0.106. The summed E-state index contributed by atoms with van der Waals surface area (Å²) >= 11 is 0. The van der Waals surface area contributed by atoms with Gasteiger partial charge in [0, 0.05) is 0 Å². The third-order valence-electron chi connectivity index (χ3n) is 6.56. The second-order valence-corrected chi connectivity index (χ2v) is 12.6. The minimum absolute atomic E-state index is 0. The van der Waals surface area contributed by atoms with Crippen LogP contribution in [0.1, 0.15) is 108 Å². The summed E-state index contributed by atoms with van der Waals surface area (Å²) in [7, 11) is -9.72. The molecule has 45 heavy (non-hydrogen) atoms. The Kier molecular flexibility index (Phi) is 23.3. The van der Waals surface area contributed by atoms with Crippen molar-refractivity contribution in [2.45, 2.75) is 90.7 Å². The van der Waals surface area contributed by atoms with E-state index >= 15 is 0 Å². The van der Waals surface area contributed by atoms with Gasteiger partial charge in [-0.25, -0.2) is 9.59 Å². The van der Waals surface area contributed by atoms with Gasteiger partial charge in [0.05, 0.1) is 30.8 Å². The zero-order chi connectivity index (χ0) is 33.9. The molecule has 0 heterocycles. The number of carbonyl (C=O) groups is 4. The number of rotatable bonds is 19. The van der Waals surface area contributed by atoms with E-state index in [1.54, 1.807) is 0 Å². The summed E-state index contributed by atoms with van der Waals surface area (Å²) in [6.45, 7) is 8.35. The first kappa shape index (κ1) is 45.0. The van der Waals surface area contributed by atoms with Gasteiger partial charge < -0.3 is 20.2 Å². The fourth-order valence-corrected chi connectivity index (χ4v) is 4.75. The van der Waals surface area contributed by atoms with Crippen LogP contribution in [0, 0.1) is 11.8 Å². The molecule has 0 aliphatic carbocycles. The summed E-state index contributed by atoms with van der Waals surface area (Å²) in [6, 6.07) is 4.85. The van der Waals surface area contributed by atoms with Crippen molar-refractivity contribution in [3.05, 3.63) is 35.4 Å². The van der Waals surface area contributed by atoms with E-state index in [0.29, 0.717) is 0 Å². The SMILES string of the molecule is CCCCC(CC)COC(=O)CC(C(=O)OCC(CC)CCCC)S(=O)(=O)O.O=C(O)c1ccccc1C(=O)OS(=O)(=O)O.[H-].[Na+]. The van der Waals surface area contributed by atoms with Crippen LogP contribution in [-0.4, -0.2) is 73.4 Å². The molecule has 0 spiro atoms. The second-order valence-electron chi connectivity index (χ2n) is 10.0. The molecule has 0 aliphatic rings. The van der Waals surface area contributed by atoms with Gasteiger partial charge in [-0.3, -0.25) is 18.7 Å². The summed E-state index contributed by atoms with van der Waals surface area (Å²) < 4.78 is 75.2. The van der Waals surface area contributed by atoms with Crippen LogP contribution < -0.4 is 29.6 Å². The topological polar surface area (TPSA) is 225 Å². The summed E-state index contributed by atoms with van der Waals surface area (Å²) in [5.41, 5.74) is -0.885. The van der Waals surface area contributed by atoms with Crippen LogP contribution in [0.15, 0.2) is 24.3 Å². The normalized spacial score (nSPS) is 13.1. The molecule has 3 N–H and O–H groups in total. The summed E-state index contributed by atoms with van der Waals surface area (Å²) in [5, 5.41) is 6.75. The molecular weight excluding hydrogens is 647 g/mol. The van der Waals surface area contributed by atoms with Crippen molar-refractivity contribution < 1.29 is 94.9 Å². The van der Waals surface area contributed by atoms with Crippen LogP contribution in [0.3, 0.4) is 0 Å². The molecule has 14 nitrogen and oxygen atoms in total. The smallest absolute Gasteiger partial charge is 1.00 e. The van der Waals surface area contributed by atoms with Gasteiger partial charge in [0.2, 0.25) is 0 Å². The van der Waals surface area contributed by atoms with Gasteiger partial charge in [-0.2, -0.15) is 16.8 Å². The van der Waals surface area contributed by atoms with Crippen LogP contribution in [0.4, 0.5) is 0 Å². The number of benzene rings is 1. The van der Waals surface area contributed by atoms with Gasteiger partial charge in [-0.15, -0.1) is 0 Å². The van der Waals surface area contributed by atoms with E-state index in [2.05, 4.69) is 18.0 Å². The van der Waals surface area contributed by atoms with Gasteiger partial charge in [-0.05, 0) is 36.8 Å². The van der Waals surface area contributed by atoms with Crippen molar-refractivity contribution >= 4 is 44.4 Å². The Morgan fingerprint density at radius 3 is 1.67 bits per heavy atom. The fourth-order valence-electron chi connectivity index (χ4n) is 3.81. The number of hydrogen-bond donors (Lipinski definition) is 3. The third kappa shape index (κ3) is 19.9. The Morgan fingerprint density at radius 1 is 0.800 bits per heavy atom. The number of unbranched alkanes of at least 4 members (excludes halogenated alkanes) is 2. The Bertz CT molecular complexity index is 1290. The monoisotopic (exact) mass is 692 g/mol. The predicted molar refractivity (Wildman–Crippen MR) is 160 cm³/mol. The summed E-state index contributed by atoms with van der Waals surface area (Å²) in [5.74, 6) is -4.48. The molecule has 254 valence electrons. The molecule has 0 aliphatic heterocycles. The van der Waals surface area contributed by atoms with Gasteiger partial charge in [-0.1, -0.05) is 78.4 Å². The van der Waals surface area contributed by atoms with Crippen molar-refractivity contribution in [2.75, 3.05) is 13.2 Å². The number of aromatic carboxylic acids is 1. The van der Waals surface area contributed by atoms with Gasteiger partial charge in [0.15, 0.2) is 5.25 Å². The maximum Gasteiger partial charge on any atom is 1.00 e. The number of hydrogen-bond acceptors (Lipinski definition) is 11. The van der Waals surface area contributed by atoms with Gasteiger partial charge in [0.25, 0.3) is 10.1 Å². The summed E-state index contributed by atoms with van der Waals surface area (Å²) in [4.78, 5) is 46.0. The molecule has 17 heteroatoms. The number of esters is 2. The van der Waals surface area contributed by atoms with E-state index < -0.39 is 67.2 Å². The zero-order valence-electron chi connectivity index (χ0n) is 27.5. The van der Waals surface area contributed by atoms with Crippen LogP contribution in [-0.2, 0) is 43.8 Å². The molecular formula is C28H45NaO14S2. The van der Waals surface area contributed by atoms with E-state index in [1.807, 2.05) is 13.8 Å². The minimum Gasteiger partial charge on any atom is -1.00 e. The van der Waals surface area contributed by atoms with Gasteiger partial charge >= 0.3 is 63.8 Å². The molecule has 3 unspecified atom stereocenters. The number of carboxylic acids is 1. The Hall–Kier alpha value is -2.08. The maximum absolute atomic E-state index is 12.2. The molecule has 0 saturated heterocycles. The minimum atomic E-state index is -4.96.